The molecule has 0 amide bonds. The van der Waals surface area contributed by atoms with Crippen molar-refractivity contribution in [2.24, 2.45) is 0 Å². The van der Waals surface area contributed by atoms with Crippen LogP contribution in [0.25, 0.3) is 11.5 Å². The van der Waals surface area contributed by atoms with Crippen molar-refractivity contribution in [1.82, 2.24) is 10.2 Å². The monoisotopic (exact) mass is 238 g/mol. The third-order valence-electron chi connectivity index (χ3n) is 1.60. The summed E-state index contributed by atoms with van der Waals surface area (Å²) in [4.78, 5) is 0. The van der Waals surface area contributed by atoms with Gasteiger partial charge in [0, 0.05) is 5.56 Å². The summed E-state index contributed by atoms with van der Waals surface area (Å²) in [6.45, 7) is 0. The first kappa shape index (κ1) is 8.44. The first-order chi connectivity index (χ1) is 6.40. The molecule has 0 N–H and O–H groups in total. The second kappa shape index (κ2) is 3.70. The highest BCUT2D eigenvalue weighted by atomic mass is 79.9. The standard InChI is InChI=1S/C9H7BrN2O/c10-6-8-11-12-9(13-8)7-4-2-1-3-5-7/h1-5H,6H2. The van der Waals surface area contributed by atoms with Crippen molar-refractivity contribution >= 4 is 15.9 Å². The summed E-state index contributed by atoms with van der Waals surface area (Å²) < 4.78 is 5.35. The van der Waals surface area contributed by atoms with Gasteiger partial charge in [-0.05, 0) is 12.1 Å². The molecule has 0 aliphatic heterocycles. The van der Waals surface area contributed by atoms with Crippen LogP contribution in [0.1, 0.15) is 5.89 Å². The number of rotatable bonds is 2. The Balaban J connectivity index is 2.36. The summed E-state index contributed by atoms with van der Waals surface area (Å²) in [7, 11) is 0. The summed E-state index contributed by atoms with van der Waals surface area (Å²) in [6.07, 6.45) is 0. The Morgan fingerprint density at radius 1 is 1.15 bits per heavy atom. The Kier molecular flexibility index (Phi) is 2.40. The first-order valence-corrected chi connectivity index (χ1v) is 4.96. The molecule has 0 saturated heterocycles. The fraction of sp³-hybridized carbons (Fsp3) is 0.111. The molecule has 1 aromatic heterocycles. The molecule has 0 atom stereocenters. The van der Waals surface area contributed by atoms with Crippen molar-refractivity contribution in [1.29, 1.82) is 0 Å². The van der Waals surface area contributed by atoms with Crippen molar-refractivity contribution in [3.8, 4) is 11.5 Å². The zero-order chi connectivity index (χ0) is 9.10. The van der Waals surface area contributed by atoms with E-state index in [2.05, 4.69) is 26.1 Å². The average Bonchev–Trinajstić information content (AvgIpc) is 2.67. The van der Waals surface area contributed by atoms with Crippen LogP contribution in [-0.4, -0.2) is 10.2 Å². The van der Waals surface area contributed by atoms with Crippen LogP contribution in [-0.2, 0) is 5.33 Å². The minimum atomic E-state index is 0.565. The van der Waals surface area contributed by atoms with Gasteiger partial charge in [0.2, 0.25) is 11.8 Å². The lowest BCUT2D eigenvalue weighted by atomic mass is 10.2. The van der Waals surface area contributed by atoms with Crippen LogP contribution in [0.2, 0.25) is 0 Å². The molecule has 0 unspecified atom stereocenters. The van der Waals surface area contributed by atoms with Crippen LogP contribution >= 0.6 is 15.9 Å². The van der Waals surface area contributed by atoms with E-state index in [1.807, 2.05) is 30.3 Å². The highest BCUT2D eigenvalue weighted by molar-refractivity contribution is 9.08. The van der Waals surface area contributed by atoms with E-state index in [0.717, 1.165) is 5.56 Å². The molecule has 0 fully saturated rings. The van der Waals surface area contributed by atoms with Crippen LogP contribution in [0.15, 0.2) is 34.7 Å². The van der Waals surface area contributed by atoms with Crippen molar-refractivity contribution in [2.75, 3.05) is 0 Å². The third-order valence-corrected chi connectivity index (χ3v) is 2.08. The van der Waals surface area contributed by atoms with E-state index in [-0.39, 0.29) is 0 Å². The normalized spacial score (nSPS) is 10.2. The van der Waals surface area contributed by atoms with E-state index >= 15 is 0 Å². The lowest BCUT2D eigenvalue weighted by Crippen LogP contribution is -1.75. The molecule has 0 radical (unpaired) electrons. The second-order valence-electron chi connectivity index (χ2n) is 2.50. The molecule has 3 nitrogen and oxygen atoms in total. The Morgan fingerprint density at radius 3 is 2.54 bits per heavy atom. The van der Waals surface area contributed by atoms with Gasteiger partial charge in [-0.2, -0.15) is 0 Å². The zero-order valence-electron chi connectivity index (χ0n) is 6.77. The van der Waals surface area contributed by atoms with Gasteiger partial charge in [-0.3, -0.25) is 0 Å². The van der Waals surface area contributed by atoms with Gasteiger partial charge < -0.3 is 4.42 Å². The number of hydrogen-bond acceptors (Lipinski definition) is 3. The second-order valence-corrected chi connectivity index (χ2v) is 3.06. The maximum atomic E-state index is 5.35. The van der Waals surface area contributed by atoms with E-state index < -0.39 is 0 Å². The largest absolute Gasteiger partial charge is 0.420 e. The van der Waals surface area contributed by atoms with E-state index in [0.29, 0.717) is 17.1 Å². The molecule has 0 aliphatic rings. The van der Waals surface area contributed by atoms with Crippen LogP contribution in [0.3, 0.4) is 0 Å². The van der Waals surface area contributed by atoms with Gasteiger partial charge in [-0.1, -0.05) is 34.1 Å². The molecular weight excluding hydrogens is 232 g/mol. The average molecular weight is 239 g/mol. The van der Waals surface area contributed by atoms with Gasteiger partial charge in [0.15, 0.2) is 0 Å². The number of halogens is 1. The molecule has 1 heterocycles. The van der Waals surface area contributed by atoms with Crippen LogP contribution < -0.4 is 0 Å². The highest BCUT2D eigenvalue weighted by Gasteiger charge is 2.05. The Morgan fingerprint density at radius 2 is 1.92 bits per heavy atom. The minimum absolute atomic E-state index is 0.565. The van der Waals surface area contributed by atoms with Gasteiger partial charge >= 0.3 is 0 Å². The topological polar surface area (TPSA) is 38.9 Å². The fourth-order valence-corrected chi connectivity index (χ4v) is 1.23. The number of aromatic nitrogens is 2. The van der Waals surface area contributed by atoms with Crippen molar-refractivity contribution in [3.05, 3.63) is 36.2 Å². The lowest BCUT2D eigenvalue weighted by molar-refractivity contribution is 0.530. The quantitative estimate of drug-likeness (QED) is 0.756. The van der Waals surface area contributed by atoms with Gasteiger partial charge in [-0.15, -0.1) is 10.2 Å². The summed E-state index contributed by atoms with van der Waals surface area (Å²) >= 11 is 3.25. The van der Waals surface area contributed by atoms with Crippen molar-refractivity contribution in [3.63, 3.8) is 0 Å². The number of benzene rings is 1. The molecule has 4 heteroatoms. The molecule has 66 valence electrons. The molecule has 2 rings (SSSR count). The van der Waals surface area contributed by atoms with Crippen LogP contribution in [0.4, 0.5) is 0 Å². The van der Waals surface area contributed by atoms with E-state index in [9.17, 15) is 0 Å². The predicted octanol–water partition coefficient (Wildman–Crippen LogP) is 2.63. The van der Waals surface area contributed by atoms with Crippen molar-refractivity contribution in [2.45, 2.75) is 5.33 Å². The van der Waals surface area contributed by atoms with Gasteiger partial charge in [0.1, 0.15) is 0 Å². The molecule has 13 heavy (non-hydrogen) atoms. The number of nitrogens with zero attached hydrogens (tertiary/aromatic N) is 2. The van der Waals surface area contributed by atoms with Gasteiger partial charge in [-0.25, -0.2) is 0 Å². The first-order valence-electron chi connectivity index (χ1n) is 3.84. The summed E-state index contributed by atoms with van der Waals surface area (Å²) in [6, 6.07) is 9.70. The Hall–Kier alpha value is -1.16. The van der Waals surface area contributed by atoms with E-state index in [1.165, 1.54) is 0 Å². The van der Waals surface area contributed by atoms with Crippen LogP contribution in [0, 0.1) is 0 Å². The maximum Gasteiger partial charge on any atom is 0.247 e. The smallest absolute Gasteiger partial charge is 0.247 e. The summed E-state index contributed by atoms with van der Waals surface area (Å²) in [5.41, 5.74) is 0.946. The molecule has 0 aliphatic carbocycles. The SMILES string of the molecule is BrCc1nnc(-c2ccccc2)o1. The Labute approximate surface area is 83.9 Å². The molecule has 1 aromatic carbocycles. The highest BCUT2D eigenvalue weighted by Crippen LogP contribution is 2.17. The van der Waals surface area contributed by atoms with Gasteiger partial charge in [0.05, 0.1) is 5.33 Å². The van der Waals surface area contributed by atoms with Crippen molar-refractivity contribution < 1.29 is 4.42 Å². The van der Waals surface area contributed by atoms with E-state index in [1.54, 1.807) is 0 Å². The third kappa shape index (κ3) is 1.78. The zero-order valence-corrected chi connectivity index (χ0v) is 8.36. The predicted molar refractivity (Wildman–Crippen MR) is 52.4 cm³/mol. The molecule has 0 saturated carbocycles. The molecule has 2 aromatic rings. The van der Waals surface area contributed by atoms with E-state index in [4.69, 9.17) is 4.42 Å². The summed E-state index contributed by atoms with van der Waals surface area (Å²) in [5.74, 6) is 1.16. The number of hydrogen-bond donors (Lipinski definition) is 0. The molecule has 0 spiro atoms. The van der Waals surface area contributed by atoms with Crippen LogP contribution in [0.5, 0.6) is 0 Å². The Bertz CT molecular complexity index is 386. The number of alkyl halides is 1. The summed E-state index contributed by atoms with van der Waals surface area (Å²) in [5, 5.41) is 8.35. The lowest BCUT2D eigenvalue weighted by Gasteiger charge is -1.90. The molecule has 0 bridgehead atoms. The van der Waals surface area contributed by atoms with Gasteiger partial charge in [0.25, 0.3) is 0 Å². The maximum absolute atomic E-state index is 5.35. The molecular formula is C9H7BrN2O. The minimum Gasteiger partial charge on any atom is -0.420 e. The fourth-order valence-electron chi connectivity index (χ4n) is 1.00.